The van der Waals surface area contributed by atoms with Crippen molar-refractivity contribution in [3.8, 4) is 0 Å². The first-order valence-electron chi connectivity index (χ1n) is 5.48. The van der Waals surface area contributed by atoms with E-state index in [1.54, 1.807) is 11.4 Å². The largest absolute Gasteiger partial charge is 0.468 e. The van der Waals surface area contributed by atoms with Crippen LogP contribution < -0.4 is 0 Å². The van der Waals surface area contributed by atoms with Gasteiger partial charge in [-0.25, -0.2) is 8.78 Å². The Kier molecular flexibility index (Phi) is 4.71. The number of rotatable bonds is 5. The summed E-state index contributed by atoms with van der Waals surface area (Å²) in [6, 6.07) is 1.78. The summed E-state index contributed by atoms with van der Waals surface area (Å²) in [6.07, 6.45) is -2.71. The van der Waals surface area contributed by atoms with Crippen molar-refractivity contribution in [1.29, 1.82) is 0 Å². The van der Waals surface area contributed by atoms with Gasteiger partial charge in [0.2, 0.25) is 5.82 Å². The molecule has 5 nitrogen and oxygen atoms in total. The van der Waals surface area contributed by atoms with Crippen LogP contribution in [0.2, 0.25) is 0 Å². The van der Waals surface area contributed by atoms with Crippen LogP contribution in [0.4, 0.5) is 8.78 Å². The van der Waals surface area contributed by atoms with E-state index in [4.69, 9.17) is 4.74 Å². The van der Waals surface area contributed by atoms with Crippen molar-refractivity contribution >= 4 is 29.1 Å². The van der Waals surface area contributed by atoms with Crippen LogP contribution in [0, 0.1) is 0 Å². The minimum atomic E-state index is -2.71. The lowest BCUT2D eigenvalue weighted by atomic mass is 10.2. The molecule has 0 radical (unpaired) electrons. The van der Waals surface area contributed by atoms with Gasteiger partial charge >= 0.3 is 5.97 Å². The quantitative estimate of drug-likeness (QED) is 0.626. The summed E-state index contributed by atoms with van der Waals surface area (Å²) in [6.45, 7) is 0. The van der Waals surface area contributed by atoms with Gasteiger partial charge in [0.15, 0.2) is 5.16 Å². The molecule has 20 heavy (non-hydrogen) atoms. The molecular weight excluding hydrogens is 308 g/mol. The fraction of sp³-hybridized carbons (Fsp3) is 0.364. The van der Waals surface area contributed by atoms with Crippen LogP contribution >= 0.6 is 23.1 Å². The second kappa shape index (κ2) is 6.31. The number of carbonyl (C=O) groups excluding carboxylic acids is 1. The van der Waals surface area contributed by atoms with Gasteiger partial charge in [0.1, 0.15) is 5.25 Å². The number of thiophene rings is 1. The van der Waals surface area contributed by atoms with Crippen molar-refractivity contribution < 1.29 is 18.3 Å². The van der Waals surface area contributed by atoms with Crippen LogP contribution in [0.25, 0.3) is 0 Å². The third-order valence-electron chi connectivity index (χ3n) is 2.55. The molecule has 0 aliphatic heterocycles. The lowest BCUT2D eigenvalue weighted by Crippen LogP contribution is -2.11. The van der Waals surface area contributed by atoms with E-state index >= 15 is 0 Å². The number of thioether (sulfide) groups is 1. The Hall–Kier alpha value is -1.48. The normalized spacial score (nSPS) is 12.7. The number of hydrogen-bond acceptors (Lipinski definition) is 6. The van der Waals surface area contributed by atoms with E-state index < -0.39 is 23.5 Å². The molecule has 2 rings (SSSR count). The summed E-state index contributed by atoms with van der Waals surface area (Å²) in [5.74, 6) is -0.892. The fourth-order valence-corrected chi connectivity index (χ4v) is 3.31. The van der Waals surface area contributed by atoms with E-state index in [0.29, 0.717) is 0 Å². The highest BCUT2D eigenvalue weighted by molar-refractivity contribution is 8.00. The van der Waals surface area contributed by atoms with Gasteiger partial charge < -0.3 is 9.30 Å². The van der Waals surface area contributed by atoms with Gasteiger partial charge in [0.25, 0.3) is 6.43 Å². The molecular formula is C11H11F2N3O2S2. The van der Waals surface area contributed by atoms with Crippen molar-refractivity contribution in [2.45, 2.75) is 16.8 Å². The van der Waals surface area contributed by atoms with Gasteiger partial charge in [-0.1, -0.05) is 11.8 Å². The maximum Gasteiger partial charge on any atom is 0.323 e. The third-order valence-corrected chi connectivity index (χ3v) is 4.52. The molecule has 108 valence electrons. The summed E-state index contributed by atoms with van der Waals surface area (Å²) in [4.78, 5) is 11.8. The maximum atomic E-state index is 12.7. The molecule has 9 heteroatoms. The highest BCUT2D eigenvalue weighted by Crippen LogP contribution is 2.36. The molecule has 0 saturated heterocycles. The van der Waals surface area contributed by atoms with Gasteiger partial charge in [-0.3, -0.25) is 4.79 Å². The van der Waals surface area contributed by atoms with Crippen LogP contribution in [0.3, 0.4) is 0 Å². The number of alkyl halides is 2. The molecule has 0 fully saturated rings. The first-order valence-corrected chi connectivity index (χ1v) is 7.30. The smallest absolute Gasteiger partial charge is 0.323 e. The van der Waals surface area contributed by atoms with Gasteiger partial charge in [0.05, 0.1) is 7.11 Å². The number of methoxy groups -OCH3 is 1. The number of halogens is 2. The van der Waals surface area contributed by atoms with Crippen LogP contribution in [-0.2, 0) is 16.6 Å². The average molecular weight is 319 g/mol. The van der Waals surface area contributed by atoms with E-state index in [0.717, 1.165) is 17.3 Å². The number of carbonyl (C=O) groups is 1. The van der Waals surface area contributed by atoms with E-state index in [1.807, 2.05) is 5.38 Å². The summed E-state index contributed by atoms with van der Waals surface area (Å²) in [5, 5.41) is 10.3. The zero-order valence-electron chi connectivity index (χ0n) is 10.6. The van der Waals surface area contributed by atoms with Crippen molar-refractivity contribution in [2.75, 3.05) is 7.11 Å². The highest BCUT2D eigenvalue weighted by atomic mass is 32.2. The lowest BCUT2D eigenvalue weighted by Gasteiger charge is -2.12. The Bertz CT molecular complexity index is 587. The molecule has 0 N–H and O–H groups in total. The summed E-state index contributed by atoms with van der Waals surface area (Å²) < 4.78 is 31.2. The maximum absolute atomic E-state index is 12.7. The highest BCUT2D eigenvalue weighted by Gasteiger charge is 2.27. The van der Waals surface area contributed by atoms with Gasteiger partial charge in [-0.2, -0.15) is 11.3 Å². The van der Waals surface area contributed by atoms with E-state index in [1.165, 1.54) is 30.1 Å². The summed E-state index contributed by atoms with van der Waals surface area (Å²) in [7, 11) is 2.72. The van der Waals surface area contributed by atoms with Crippen molar-refractivity contribution in [3.05, 3.63) is 28.2 Å². The standard InChI is InChI=1S/C11H11F2N3O2S2/c1-16-9(8(12)13)14-15-11(16)20-7(10(17)18-2)6-3-4-19-5-6/h3-5,7-8H,1-2H3/t7-/m1/s1. The molecule has 0 aromatic carbocycles. The summed E-state index contributed by atoms with van der Waals surface area (Å²) in [5.41, 5.74) is 0.744. The SMILES string of the molecule is COC(=O)[C@H](Sc1nnc(C(F)F)n1C)c1ccsc1. The Balaban J connectivity index is 2.27. The van der Waals surface area contributed by atoms with Crippen LogP contribution in [0.5, 0.6) is 0 Å². The monoisotopic (exact) mass is 319 g/mol. The van der Waals surface area contributed by atoms with Crippen LogP contribution in [0.1, 0.15) is 23.1 Å². The summed E-state index contributed by atoms with van der Waals surface area (Å²) >= 11 is 2.47. The van der Waals surface area contributed by atoms with Crippen LogP contribution in [0.15, 0.2) is 22.0 Å². The molecule has 0 aliphatic rings. The predicted molar refractivity (Wildman–Crippen MR) is 70.9 cm³/mol. The minimum absolute atomic E-state index is 0.238. The predicted octanol–water partition coefficient (Wildman–Crippen LogP) is 2.82. The van der Waals surface area contributed by atoms with E-state index in [2.05, 4.69) is 10.2 Å². The molecule has 0 saturated carbocycles. The molecule has 0 spiro atoms. The van der Waals surface area contributed by atoms with Gasteiger partial charge in [-0.15, -0.1) is 10.2 Å². The Morgan fingerprint density at radius 3 is 2.75 bits per heavy atom. The first kappa shape index (κ1) is 14.9. The van der Waals surface area contributed by atoms with Crippen LogP contribution in [-0.4, -0.2) is 27.8 Å². The molecule has 2 aromatic heterocycles. The van der Waals surface area contributed by atoms with Gasteiger partial charge in [-0.05, 0) is 22.4 Å². The van der Waals surface area contributed by atoms with Gasteiger partial charge in [0, 0.05) is 7.05 Å². The topological polar surface area (TPSA) is 57.0 Å². The molecule has 2 heterocycles. The molecule has 0 bridgehead atoms. The minimum Gasteiger partial charge on any atom is -0.468 e. The number of hydrogen-bond donors (Lipinski definition) is 0. The fourth-order valence-electron chi connectivity index (χ4n) is 1.51. The molecule has 1 atom stereocenters. The zero-order valence-corrected chi connectivity index (χ0v) is 12.3. The zero-order chi connectivity index (χ0) is 14.7. The Labute approximate surface area is 122 Å². The van der Waals surface area contributed by atoms with Crippen molar-refractivity contribution in [3.63, 3.8) is 0 Å². The molecule has 0 amide bonds. The lowest BCUT2D eigenvalue weighted by molar-refractivity contribution is -0.140. The van der Waals surface area contributed by atoms with Crippen molar-refractivity contribution in [1.82, 2.24) is 14.8 Å². The average Bonchev–Trinajstić information content (AvgIpc) is 3.05. The molecule has 0 unspecified atom stereocenters. The third kappa shape index (κ3) is 2.98. The first-order chi connectivity index (χ1) is 9.54. The number of ether oxygens (including phenoxy) is 1. The second-order valence-corrected chi connectivity index (χ2v) is 5.63. The number of esters is 1. The number of nitrogens with zero attached hydrogens (tertiary/aromatic N) is 3. The van der Waals surface area contributed by atoms with E-state index in [-0.39, 0.29) is 5.16 Å². The molecule has 0 aliphatic carbocycles. The Morgan fingerprint density at radius 1 is 1.50 bits per heavy atom. The van der Waals surface area contributed by atoms with E-state index in [9.17, 15) is 13.6 Å². The Morgan fingerprint density at radius 2 is 2.25 bits per heavy atom. The molecule has 2 aromatic rings. The number of aromatic nitrogens is 3. The second-order valence-electron chi connectivity index (χ2n) is 3.78. The van der Waals surface area contributed by atoms with Crippen molar-refractivity contribution in [2.24, 2.45) is 7.05 Å².